The van der Waals surface area contributed by atoms with Crippen LogP contribution in [0.15, 0.2) is 47.5 Å². The van der Waals surface area contributed by atoms with E-state index in [1.165, 1.54) is 0 Å². The quantitative estimate of drug-likeness (QED) is 0.727. The highest BCUT2D eigenvalue weighted by Crippen LogP contribution is 2.19. The number of nitrogens with zero attached hydrogens (tertiary/aromatic N) is 2. The third kappa shape index (κ3) is 3.26. The van der Waals surface area contributed by atoms with Crippen LogP contribution in [0.4, 0.5) is 0 Å². The molecule has 0 N–H and O–H groups in total. The van der Waals surface area contributed by atoms with Gasteiger partial charge < -0.3 is 9.30 Å². The molecule has 0 saturated heterocycles. The molecular weight excluding hydrogens is 320 g/mol. The Hall–Kier alpha value is -2.40. The lowest BCUT2D eigenvalue weighted by atomic mass is 10.1. The topological polar surface area (TPSA) is 43.6 Å². The summed E-state index contributed by atoms with van der Waals surface area (Å²) >= 11 is 1.55. The average Bonchev–Trinajstić information content (AvgIpc) is 2.91. The van der Waals surface area contributed by atoms with Gasteiger partial charge in [-0.3, -0.25) is 4.79 Å². The summed E-state index contributed by atoms with van der Waals surface area (Å²) in [4.78, 5) is 17.5. The van der Waals surface area contributed by atoms with Crippen LogP contribution in [-0.4, -0.2) is 17.6 Å². The number of carbonyl (C=O) groups excluding carboxylic acids is 1. The second-order valence-corrected chi connectivity index (χ2v) is 6.59. The number of fused-ring (bicyclic) bond motifs is 1. The van der Waals surface area contributed by atoms with Crippen LogP contribution >= 0.6 is 11.3 Å². The van der Waals surface area contributed by atoms with Crippen molar-refractivity contribution in [2.45, 2.75) is 26.8 Å². The molecule has 24 heavy (non-hydrogen) atoms. The van der Waals surface area contributed by atoms with Gasteiger partial charge in [-0.15, -0.1) is 0 Å². The largest absolute Gasteiger partial charge is 0.496 e. The molecule has 0 fully saturated rings. The summed E-state index contributed by atoms with van der Waals surface area (Å²) in [5.74, 6) is 0.699. The van der Waals surface area contributed by atoms with Gasteiger partial charge >= 0.3 is 0 Å². The van der Waals surface area contributed by atoms with Crippen molar-refractivity contribution >= 4 is 27.5 Å². The maximum Gasteiger partial charge on any atom is 0.252 e. The van der Waals surface area contributed by atoms with E-state index in [1.807, 2.05) is 37.3 Å². The van der Waals surface area contributed by atoms with Crippen LogP contribution in [0.5, 0.6) is 5.75 Å². The zero-order chi connectivity index (χ0) is 17.1. The summed E-state index contributed by atoms with van der Waals surface area (Å²) in [6.07, 6.45) is 0.294. The summed E-state index contributed by atoms with van der Waals surface area (Å²) < 4.78 is 8.48. The van der Waals surface area contributed by atoms with Gasteiger partial charge in [-0.25, -0.2) is 0 Å². The van der Waals surface area contributed by atoms with Crippen molar-refractivity contribution in [2.75, 3.05) is 7.11 Å². The van der Waals surface area contributed by atoms with Gasteiger partial charge in [-0.05, 0) is 43.2 Å². The van der Waals surface area contributed by atoms with Crippen LogP contribution in [0.1, 0.15) is 18.1 Å². The highest BCUT2D eigenvalue weighted by atomic mass is 32.1. The van der Waals surface area contributed by atoms with E-state index in [0.717, 1.165) is 38.4 Å². The van der Waals surface area contributed by atoms with Crippen molar-refractivity contribution in [1.82, 2.24) is 4.57 Å². The summed E-state index contributed by atoms with van der Waals surface area (Å²) in [6, 6.07) is 13.9. The minimum atomic E-state index is -0.131. The molecule has 0 saturated carbocycles. The molecule has 3 aromatic rings. The van der Waals surface area contributed by atoms with Crippen LogP contribution < -0.4 is 9.54 Å². The van der Waals surface area contributed by atoms with Gasteiger partial charge in [0.25, 0.3) is 5.91 Å². The number of para-hydroxylation sites is 1. The minimum absolute atomic E-state index is 0.131. The standard InChI is InChI=1S/C19H20N2O2S/c1-4-21-15-7-5-6-8-17(15)24-19(21)20-18(22)12-14-9-10-16(23-3)13(2)11-14/h5-11H,4,12H2,1-3H3. The van der Waals surface area contributed by atoms with Gasteiger partial charge in [-0.2, -0.15) is 4.99 Å². The summed E-state index contributed by atoms with van der Waals surface area (Å²) in [5.41, 5.74) is 3.09. The fraction of sp³-hybridized carbons (Fsp3) is 0.263. The number of carbonyl (C=O) groups is 1. The van der Waals surface area contributed by atoms with Crippen molar-refractivity contribution in [3.05, 3.63) is 58.4 Å². The lowest BCUT2D eigenvalue weighted by molar-refractivity contribution is -0.117. The van der Waals surface area contributed by atoms with Crippen LogP contribution in [-0.2, 0) is 17.8 Å². The lowest BCUT2D eigenvalue weighted by Gasteiger charge is -2.06. The van der Waals surface area contributed by atoms with Gasteiger partial charge in [-0.1, -0.05) is 35.6 Å². The number of rotatable bonds is 4. The van der Waals surface area contributed by atoms with Crippen molar-refractivity contribution < 1.29 is 9.53 Å². The number of ether oxygens (including phenoxy) is 1. The summed E-state index contributed by atoms with van der Waals surface area (Å²) in [5, 5.41) is 0. The third-order valence-corrected chi connectivity index (χ3v) is 5.00. The molecule has 0 bridgehead atoms. The molecule has 1 heterocycles. The number of thiazole rings is 1. The fourth-order valence-corrected chi connectivity index (χ4v) is 3.89. The molecular formula is C19H20N2O2S. The third-order valence-electron chi connectivity index (χ3n) is 3.94. The Morgan fingerprint density at radius 2 is 2.04 bits per heavy atom. The van der Waals surface area contributed by atoms with Gasteiger partial charge in [0, 0.05) is 6.54 Å². The Labute approximate surface area is 145 Å². The average molecular weight is 340 g/mol. The second kappa shape index (κ2) is 7.01. The van der Waals surface area contributed by atoms with E-state index in [9.17, 15) is 4.79 Å². The molecule has 0 spiro atoms. The molecule has 0 aliphatic heterocycles. The summed E-state index contributed by atoms with van der Waals surface area (Å²) in [6.45, 7) is 4.83. The van der Waals surface area contributed by atoms with E-state index in [2.05, 4.69) is 28.6 Å². The highest BCUT2D eigenvalue weighted by Gasteiger charge is 2.08. The predicted molar refractivity (Wildman–Crippen MR) is 97.5 cm³/mol. The zero-order valence-electron chi connectivity index (χ0n) is 14.1. The molecule has 5 heteroatoms. The molecule has 0 aliphatic rings. The summed E-state index contributed by atoms with van der Waals surface area (Å²) in [7, 11) is 1.65. The molecule has 124 valence electrons. The number of hydrogen-bond donors (Lipinski definition) is 0. The normalized spacial score (nSPS) is 11.9. The monoisotopic (exact) mass is 340 g/mol. The molecule has 1 aromatic heterocycles. The predicted octanol–water partition coefficient (Wildman–Crippen LogP) is 3.71. The second-order valence-electron chi connectivity index (χ2n) is 5.58. The SMILES string of the molecule is CCn1c(=NC(=O)Cc2ccc(OC)c(C)c2)sc2ccccc21. The Kier molecular flexibility index (Phi) is 4.81. The van der Waals surface area contributed by atoms with E-state index in [-0.39, 0.29) is 5.91 Å². The van der Waals surface area contributed by atoms with E-state index in [0.29, 0.717) is 6.42 Å². The van der Waals surface area contributed by atoms with Gasteiger partial charge in [0.15, 0.2) is 4.80 Å². The van der Waals surface area contributed by atoms with Gasteiger partial charge in [0.05, 0.1) is 23.7 Å². The van der Waals surface area contributed by atoms with Gasteiger partial charge in [0.1, 0.15) is 5.75 Å². The van der Waals surface area contributed by atoms with Crippen molar-refractivity contribution in [3.63, 3.8) is 0 Å². The smallest absolute Gasteiger partial charge is 0.252 e. The molecule has 0 aliphatic carbocycles. The highest BCUT2D eigenvalue weighted by molar-refractivity contribution is 7.16. The fourth-order valence-electron chi connectivity index (χ4n) is 2.78. The Balaban J connectivity index is 1.91. The number of aromatic nitrogens is 1. The number of methoxy groups -OCH3 is 1. The molecule has 0 radical (unpaired) electrons. The number of aryl methyl sites for hydroxylation is 2. The van der Waals surface area contributed by atoms with E-state index in [4.69, 9.17) is 4.74 Å². The van der Waals surface area contributed by atoms with Crippen molar-refractivity contribution in [3.8, 4) is 5.75 Å². The lowest BCUT2D eigenvalue weighted by Crippen LogP contribution is -2.16. The van der Waals surface area contributed by atoms with Crippen LogP contribution in [0, 0.1) is 6.92 Å². The molecule has 3 rings (SSSR count). The van der Waals surface area contributed by atoms with Gasteiger partial charge in [0.2, 0.25) is 0 Å². The number of benzene rings is 2. The molecule has 0 unspecified atom stereocenters. The first-order valence-electron chi connectivity index (χ1n) is 7.91. The van der Waals surface area contributed by atoms with E-state index < -0.39 is 0 Å². The first kappa shape index (κ1) is 16.5. The van der Waals surface area contributed by atoms with Crippen molar-refractivity contribution in [2.24, 2.45) is 4.99 Å². The first-order valence-corrected chi connectivity index (χ1v) is 8.73. The molecule has 0 atom stereocenters. The Morgan fingerprint density at radius 1 is 1.25 bits per heavy atom. The molecule has 2 aromatic carbocycles. The molecule has 1 amide bonds. The maximum absolute atomic E-state index is 12.4. The van der Waals surface area contributed by atoms with Crippen LogP contribution in [0.3, 0.4) is 0 Å². The number of amides is 1. The zero-order valence-corrected chi connectivity index (χ0v) is 14.9. The van der Waals surface area contributed by atoms with Crippen LogP contribution in [0.2, 0.25) is 0 Å². The van der Waals surface area contributed by atoms with Crippen LogP contribution in [0.25, 0.3) is 10.2 Å². The van der Waals surface area contributed by atoms with Crippen molar-refractivity contribution in [1.29, 1.82) is 0 Å². The molecule has 4 nitrogen and oxygen atoms in total. The van der Waals surface area contributed by atoms with E-state index in [1.54, 1.807) is 18.4 Å². The van der Waals surface area contributed by atoms with E-state index >= 15 is 0 Å². The minimum Gasteiger partial charge on any atom is -0.496 e. The first-order chi connectivity index (χ1) is 11.6. The Bertz CT molecular complexity index is 953. The number of hydrogen-bond acceptors (Lipinski definition) is 3. The Morgan fingerprint density at radius 3 is 2.75 bits per heavy atom. The maximum atomic E-state index is 12.4.